The Balaban J connectivity index is 1.77. The number of nitrogens with zero attached hydrogens (tertiary/aromatic N) is 3. The van der Waals surface area contributed by atoms with Crippen LogP contribution in [-0.4, -0.2) is 28.6 Å². The van der Waals surface area contributed by atoms with Crippen molar-refractivity contribution in [3.63, 3.8) is 0 Å². The van der Waals surface area contributed by atoms with E-state index in [1.807, 2.05) is 6.07 Å². The topological polar surface area (TPSA) is 84.8 Å². The fourth-order valence-electron chi connectivity index (χ4n) is 1.98. The molecule has 110 valence electrons. The van der Waals surface area contributed by atoms with Gasteiger partial charge in [0, 0.05) is 5.69 Å². The highest BCUT2D eigenvalue weighted by Crippen LogP contribution is 2.31. The highest BCUT2D eigenvalue weighted by Gasteiger charge is 2.35. The van der Waals surface area contributed by atoms with E-state index in [4.69, 9.17) is 11.6 Å². The zero-order valence-corrected chi connectivity index (χ0v) is 12.6. The standard InChI is InChI=1S/C13H13ClN4O2S/c14-12-15-8-16-13(18-12)17-10-3-1-2-9(6-10)7-21(19,20)11-4-5-11/h1-3,6,8,11H,4-5,7H2,(H,15,16,17,18). The number of halogens is 1. The molecule has 0 spiro atoms. The summed E-state index contributed by atoms with van der Waals surface area (Å²) in [6.07, 6.45) is 2.87. The SMILES string of the molecule is O=S(=O)(Cc1cccc(Nc2ncnc(Cl)n2)c1)C1CC1. The third-order valence-electron chi connectivity index (χ3n) is 3.13. The molecule has 1 heterocycles. The smallest absolute Gasteiger partial charge is 0.231 e. The van der Waals surface area contributed by atoms with Gasteiger partial charge in [-0.1, -0.05) is 12.1 Å². The first kappa shape index (κ1) is 14.2. The third kappa shape index (κ3) is 3.68. The van der Waals surface area contributed by atoms with Crippen molar-refractivity contribution in [2.24, 2.45) is 0 Å². The van der Waals surface area contributed by atoms with Gasteiger partial charge in [-0.3, -0.25) is 0 Å². The zero-order valence-electron chi connectivity index (χ0n) is 11.0. The van der Waals surface area contributed by atoms with Crippen molar-refractivity contribution < 1.29 is 8.42 Å². The van der Waals surface area contributed by atoms with Gasteiger partial charge in [0.2, 0.25) is 11.2 Å². The molecule has 8 heteroatoms. The first-order valence-corrected chi connectivity index (χ1v) is 8.54. The van der Waals surface area contributed by atoms with Gasteiger partial charge >= 0.3 is 0 Å². The van der Waals surface area contributed by atoms with Crippen LogP contribution in [0.3, 0.4) is 0 Å². The van der Waals surface area contributed by atoms with Crippen LogP contribution in [0, 0.1) is 0 Å². The number of aromatic nitrogens is 3. The quantitative estimate of drug-likeness (QED) is 0.908. The van der Waals surface area contributed by atoms with Gasteiger partial charge in [-0.15, -0.1) is 0 Å². The first-order valence-electron chi connectivity index (χ1n) is 6.45. The summed E-state index contributed by atoms with van der Waals surface area (Å²) in [4.78, 5) is 11.6. The van der Waals surface area contributed by atoms with Gasteiger partial charge in [0.15, 0.2) is 9.84 Å². The monoisotopic (exact) mass is 324 g/mol. The van der Waals surface area contributed by atoms with E-state index < -0.39 is 9.84 Å². The minimum atomic E-state index is -3.03. The van der Waals surface area contributed by atoms with Gasteiger partial charge in [0.1, 0.15) is 6.33 Å². The highest BCUT2D eigenvalue weighted by atomic mass is 35.5. The molecule has 0 radical (unpaired) electrons. The van der Waals surface area contributed by atoms with E-state index in [0.717, 1.165) is 18.4 Å². The van der Waals surface area contributed by atoms with Gasteiger partial charge in [-0.2, -0.15) is 4.98 Å². The Bertz CT molecular complexity index is 762. The Morgan fingerprint density at radius 1 is 1.29 bits per heavy atom. The fourth-order valence-corrected chi connectivity index (χ4v) is 3.84. The Kier molecular flexibility index (Phi) is 3.77. The Hall–Kier alpha value is -1.73. The molecule has 0 unspecified atom stereocenters. The zero-order chi connectivity index (χ0) is 14.9. The minimum Gasteiger partial charge on any atom is -0.324 e. The average molecular weight is 325 g/mol. The second-order valence-electron chi connectivity index (χ2n) is 4.91. The number of sulfone groups is 1. The van der Waals surface area contributed by atoms with E-state index in [0.29, 0.717) is 11.6 Å². The van der Waals surface area contributed by atoms with Crippen LogP contribution < -0.4 is 5.32 Å². The molecule has 0 bridgehead atoms. The summed E-state index contributed by atoms with van der Waals surface area (Å²) in [7, 11) is -3.03. The van der Waals surface area contributed by atoms with Crippen LogP contribution in [0.25, 0.3) is 0 Å². The van der Waals surface area contributed by atoms with Crippen LogP contribution in [0.5, 0.6) is 0 Å². The van der Waals surface area contributed by atoms with Crippen LogP contribution in [0.1, 0.15) is 18.4 Å². The lowest BCUT2D eigenvalue weighted by Crippen LogP contribution is -2.09. The summed E-state index contributed by atoms with van der Waals surface area (Å²) in [6, 6.07) is 7.18. The van der Waals surface area contributed by atoms with E-state index >= 15 is 0 Å². The first-order chi connectivity index (χ1) is 10.0. The van der Waals surface area contributed by atoms with Crippen molar-refractivity contribution in [2.45, 2.75) is 23.8 Å². The van der Waals surface area contributed by atoms with E-state index in [1.165, 1.54) is 6.33 Å². The third-order valence-corrected chi connectivity index (χ3v) is 5.53. The van der Waals surface area contributed by atoms with E-state index in [2.05, 4.69) is 20.3 Å². The van der Waals surface area contributed by atoms with Crippen LogP contribution in [-0.2, 0) is 15.6 Å². The molecular weight excluding hydrogens is 312 g/mol. The van der Waals surface area contributed by atoms with Crippen molar-refractivity contribution in [2.75, 3.05) is 5.32 Å². The van der Waals surface area contributed by atoms with Gasteiger partial charge in [-0.25, -0.2) is 18.4 Å². The van der Waals surface area contributed by atoms with E-state index in [1.54, 1.807) is 18.2 Å². The molecule has 0 atom stereocenters. The Morgan fingerprint density at radius 2 is 2.10 bits per heavy atom. The van der Waals surface area contributed by atoms with Crippen LogP contribution in [0.15, 0.2) is 30.6 Å². The summed E-state index contributed by atoms with van der Waals surface area (Å²) in [5.41, 5.74) is 1.45. The molecule has 0 amide bonds. The normalized spacial score (nSPS) is 14.9. The summed E-state index contributed by atoms with van der Waals surface area (Å²) in [6.45, 7) is 0. The van der Waals surface area contributed by atoms with Crippen molar-refractivity contribution >= 4 is 33.1 Å². The number of rotatable bonds is 5. The van der Waals surface area contributed by atoms with Crippen LogP contribution >= 0.6 is 11.6 Å². The minimum absolute atomic E-state index is 0.0607. The molecule has 1 aromatic carbocycles. The molecule has 0 aliphatic heterocycles. The Labute approximate surface area is 127 Å². The predicted octanol–water partition coefficient (Wildman–Crippen LogP) is 2.35. The Morgan fingerprint density at radius 3 is 2.81 bits per heavy atom. The average Bonchev–Trinajstić information content (AvgIpc) is 3.23. The van der Waals surface area contributed by atoms with Gasteiger partial charge in [0.05, 0.1) is 11.0 Å². The largest absolute Gasteiger partial charge is 0.324 e. The molecule has 1 aliphatic carbocycles. The summed E-state index contributed by atoms with van der Waals surface area (Å²) in [5.74, 6) is 0.378. The van der Waals surface area contributed by atoms with Crippen molar-refractivity contribution in [1.29, 1.82) is 0 Å². The number of anilines is 2. The van der Waals surface area contributed by atoms with Crippen molar-refractivity contribution in [3.8, 4) is 0 Å². The number of hydrogen-bond donors (Lipinski definition) is 1. The lowest BCUT2D eigenvalue weighted by Gasteiger charge is -2.07. The number of nitrogens with one attached hydrogen (secondary N) is 1. The lowest BCUT2D eigenvalue weighted by molar-refractivity contribution is 0.594. The van der Waals surface area contributed by atoms with Crippen LogP contribution in [0.4, 0.5) is 11.6 Å². The predicted molar refractivity (Wildman–Crippen MR) is 80.2 cm³/mol. The number of benzene rings is 1. The molecule has 1 fully saturated rings. The summed E-state index contributed by atoms with van der Waals surface area (Å²) >= 11 is 5.69. The van der Waals surface area contributed by atoms with E-state index in [9.17, 15) is 8.42 Å². The van der Waals surface area contributed by atoms with Crippen molar-refractivity contribution in [3.05, 3.63) is 41.4 Å². The molecule has 2 aromatic rings. The molecule has 1 N–H and O–H groups in total. The molecule has 3 rings (SSSR count). The lowest BCUT2D eigenvalue weighted by atomic mass is 10.2. The maximum Gasteiger partial charge on any atom is 0.231 e. The second-order valence-corrected chi connectivity index (χ2v) is 7.53. The molecule has 1 saturated carbocycles. The summed E-state index contributed by atoms with van der Waals surface area (Å²) < 4.78 is 24.0. The van der Waals surface area contributed by atoms with E-state index in [-0.39, 0.29) is 16.3 Å². The maximum absolute atomic E-state index is 12.0. The van der Waals surface area contributed by atoms with Gasteiger partial charge in [-0.05, 0) is 42.1 Å². The highest BCUT2D eigenvalue weighted by molar-refractivity contribution is 7.91. The molecule has 0 saturated heterocycles. The summed E-state index contributed by atoms with van der Waals surface area (Å²) in [5, 5.41) is 2.92. The van der Waals surface area contributed by atoms with Crippen LogP contribution in [0.2, 0.25) is 5.28 Å². The molecule has 6 nitrogen and oxygen atoms in total. The maximum atomic E-state index is 12.0. The second kappa shape index (κ2) is 5.57. The molecule has 1 aromatic heterocycles. The van der Waals surface area contributed by atoms with Gasteiger partial charge in [0.25, 0.3) is 0 Å². The molecule has 1 aliphatic rings. The van der Waals surface area contributed by atoms with Gasteiger partial charge < -0.3 is 5.32 Å². The molecule has 21 heavy (non-hydrogen) atoms. The van der Waals surface area contributed by atoms with Crippen molar-refractivity contribution in [1.82, 2.24) is 15.0 Å². The fraction of sp³-hybridized carbons (Fsp3) is 0.308. The molecular formula is C13H13ClN4O2S. The number of hydrogen-bond acceptors (Lipinski definition) is 6.